The second-order valence-electron chi connectivity index (χ2n) is 3.47. The molecule has 0 amide bonds. The number of ether oxygens (including phenoxy) is 1. The van der Waals surface area contributed by atoms with E-state index in [1.807, 2.05) is 25.1 Å². The summed E-state index contributed by atoms with van der Waals surface area (Å²) in [6.07, 6.45) is 0.977. The SMILES string of the molecule is CCc1ccc(OC/C(C)=C/Cl)c(N)c1. The van der Waals surface area contributed by atoms with Crippen LogP contribution in [0.4, 0.5) is 5.69 Å². The minimum absolute atomic E-state index is 0.471. The van der Waals surface area contributed by atoms with Crippen LogP contribution in [0, 0.1) is 0 Å². The molecule has 82 valence electrons. The molecule has 0 aromatic heterocycles. The summed E-state index contributed by atoms with van der Waals surface area (Å²) in [6, 6.07) is 5.86. The van der Waals surface area contributed by atoms with Crippen LogP contribution in [0.1, 0.15) is 19.4 Å². The number of anilines is 1. The molecule has 0 fully saturated rings. The summed E-state index contributed by atoms with van der Waals surface area (Å²) in [5, 5.41) is 0. The highest BCUT2D eigenvalue weighted by Gasteiger charge is 2.01. The van der Waals surface area contributed by atoms with Gasteiger partial charge in [-0.3, -0.25) is 0 Å². The zero-order valence-corrected chi connectivity index (χ0v) is 9.84. The molecule has 1 rings (SSSR count). The highest BCUT2D eigenvalue weighted by molar-refractivity contribution is 6.25. The zero-order chi connectivity index (χ0) is 11.3. The smallest absolute Gasteiger partial charge is 0.142 e. The van der Waals surface area contributed by atoms with Gasteiger partial charge in [-0.2, -0.15) is 0 Å². The topological polar surface area (TPSA) is 35.2 Å². The molecule has 0 aliphatic carbocycles. The summed E-state index contributed by atoms with van der Waals surface area (Å²) >= 11 is 5.53. The molecule has 0 spiro atoms. The quantitative estimate of drug-likeness (QED) is 0.798. The Morgan fingerprint density at radius 2 is 2.27 bits per heavy atom. The Kier molecular flexibility index (Phi) is 4.50. The first-order valence-corrected chi connectivity index (χ1v) is 5.38. The molecule has 15 heavy (non-hydrogen) atoms. The molecule has 1 aromatic carbocycles. The van der Waals surface area contributed by atoms with Crippen molar-refractivity contribution in [2.45, 2.75) is 20.3 Å². The van der Waals surface area contributed by atoms with E-state index in [9.17, 15) is 0 Å². The molecule has 2 nitrogen and oxygen atoms in total. The van der Waals surface area contributed by atoms with Crippen LogP contribution in [0.15, 0.2) is 29.3 Å². The number of aryl methyl sites for hydroxylation is 1. The molecule has 0 atom stereocenters. The highest BCUT2D eigenvalue weighted by Crippen LogP contribution is 2.23. The minimum Gasteiger partial charge on any atom is -0.487 e. The van der Waals surface area contributed by atoms with Crippen LogP contribution in [0.3, 0.4) is 0 Å². The first kappa shape index (κ1) is 11.9. The summed E-state index contributed by atoms with van der Waals surface area (Å²) in [7, 11) is 0. The Morgan fingerprint density at radius 3 is 2.80 bits per heavy atom. The molecule has 0 radical (unpaired) electrons. The Bertz CT molecular complexity index is 361. The lowest BCUT2D eigenvalue weighted by atomic mass is 10.1. The van der Waals surface area contributed by atoms with E-state index >= 15 is 0 Å². The van der Waals surface area contributed by atoms with Crippen molar-refractivity contribution >= 4 is 17.3 Å². The number of nitrogens with two attached hydrogens (primary N) is 1. The van der Waals surface area contributed by atoms with Crippen molar-refractivity contribution in [2.75, 3.05) is 12.3 Å². The summed E-state index contributed by atoms with van der Waals surface area (Å²) in [6.45, 7) is 4.47. The van der Waals surface area contributed by atoms with E-state index in [0.29, 0.717) is 18.0 Å². The van der Waals surface area contributed by atoms with Crippen molar-refractivity contribution in [3.63, 3.8) is 0 Å². The maximum Gasteiger partial charge on any atom is 0.142 e. The molecule has 2 N–H and O–H groups in total. The van der Waals surface area contributed by atoms with Crippen molar-refractivity contribution in [3.05, 3.63) is 34.9 Å². The zero-order valence-electron chi connectivity index (χ0n) is 9.09. The van der Waals surface area contributed by atoms with Crippen molar-refractivity contribution in [3.8, 4) is 5.75 Å². The Labute approximate surface area is 95.7 Å². The van der Waals surface area contributed by atoms with Gasteiger partial charge in [0.05, 0.1) is 5.69 Å². The van der Waals surface area contributed by atoms with E-state index in [2.05, 4.69) is 6.92 Å². The van der Waals surface area contributed by atoms with Gasteiger partial charge in [-0.1, -0.05) is 24.6 Å². The number of hydrogen-bond acceptors (Lipinski definition) is 2. The van der Waals surface area contributed by atoms with E-state index in [4.69, 9.17) is 22.1 Å². The molecule has 0 bridgehead atoms. The maximum absolute atomic E-state index is 5.85. The third-order valence-electron chi connectivity index (χ3n) is 2.12. The van der Waals surface area contributed by atoms with Gasteiger partial charge in [0.15, 0.2) is 0 Å². The standard InChI is InChI=1S/C12H16ClNO/c1-3-10-4-5-12(11(14)6-10)15-8-9(2)7-13/h4-7H,3,8,14H2,1-2H3/b9-7+. The average Bonchev–Trinajstić information content (AvgIpc) is 2.26. The molecule has 0 aliphatic rings. The van der Waals surface area contributed by atoms with Crippen molar-refractivity contribution in [1.29, 1.82) is 0 Å². The van der Waals surface area contributed by atoms with Gasteiger partial charge in [0.2, 0.25) is 0 Å². The average molecular weight is 226 g/mol. The van der Waals surface area contributed by atoms with Crippen LogP contribution < -0.4 is 10.5 Å². The summed E-state index contributed by atoms with van der Waals surface area (Å²) in [5.74, 6) is 0.713. The molecule has 0 aliphatic heterocycles. The van der Waals surface area contributed by atoms with E-state index < -0.39 is 0 Å². The van der Waals surface area contributed by atoms with E-state index in [-0.39, 0.29) is 0 Å². The van der Waals surface area contributed by atoms with Gasteiger partial charge in [-0.25, -0.2) is 0 Å². The first-order valence-electron chi connectivity index (χ1n) is 4.94. The Morgan fingerprint density at radius 1 is 1.53 bits per heavy atom. The maximum atomic E-state index is 5.85. The molecule has 0 unspecified atom stereocenters. The molecule has 0 heterocycles. The number of nitrogen functional groups attached to an aromatic ring is 1. The fourth-order valence-corrected chi connectivity index (χ4v) is 1.24. The first-order chi connectivity index (χ1) is 7.17. The van der Waals surface area contributed by atoms with Gasteiger partial charge < -0.3 is 10.5 Å². The fraction of sp³-hybridized carbons (Fsp3) is 0.333. The predicted octanol–water partition coefficient (Wildman–Crippen LogP) is 3.35. The van der Waals surface area contributed by atoms with Gasteiger partial charge in [-0.05, 0) is 36.6 Å². The summed E-state index contributed by atoms with van der Waals surface area (Å²) in [4.78, 5) is 0. The fourth-order valence-electron chi connectivity index (χ4n) is 1.17. The van der Waals surface area contributed by atoms with Crippen LogP contribution in [-0.2, 0) is 6.42 Å². The van der Waals surface area contributed by atoms with Crippen molar-refractivity contribution < 1.29 is 4.74 Å². The van der Waals surface area contributed by atoms with Gasteiger partial charge in [0.25, 0.3) is 0 Å². The molecule has 0 saturated carbocycles. The predicted molar refractivity (Wildman–Crippen MR) is 65.3 cm³/mol. The van der Waals surface area contributed by atoms with E-state index in [1.54, 1.807) is 0 Å². The lowest BCUT2D eigenvalue weighted by molar-refractivity contribution is 0.354. The van der Waals surface area contributed by atoms with Crippen LogP contribution in [0.2, 0.25) is 0 Å². The van der Waals surface area contributed by atoms with Gasteiger partial charge in [0.1, 0.15) is 12.4 Å². The Balaban J connectivity index is 2.70. The minimum atomic E-state index is 0.471. The van der Waals surface area contributed by atoms with Crippen LogP contribution in [0.25, 0.3) is 0 Å². The van der Waals surface area contributed by atoms with Crippen LogP contribution in [0.5, 0.6) is 5.75 Å². The van der Waals surface area contributed by atoms with Gasteiger partial charge in [-0.15, -0.1) is 0 Å². The number of benzene rings is 1. The lowest BCUT2D eigenvalue weighted by Crippen LogP contribution is -2.01. The lowest BCUT2D eigenvalue weighted by Gasteiger charge is -2.09. The number of hydrogen-bond donors (Lipinski definition) is 1. The largest absolute Gasteiger partial charge is 0.487 e. The summed E-state index contributed by atoms with van der Waals surface area (Å²) in [5.41, 5.74) is 10.2. The Hall–Kier alpha value is -1.15. The molecule has 1 aromatic rings. The van der Waals surface area contributed by atoms with Crippen LogP contribution in [-0.4, -0.2) is 6.61 Å². The number of rotatable bonds is 4. The third kappa shape index (κ3) is 3.48. The monoisotopic (exact) mass is 225 g/mol. The normalized spacial score (nSPS) is 11.5. The molecular weight excluding hydrogens is 210 g/mol. The highest BCUT2D eigenvalue weighted by atomic mass is 35.5. The van der Waals surface area contributed by atoms with Crippen molar-refractivity contribution in [1.82, 2.24) is 0 Å². The molecule has 3 heteroatoms. The van der Waals surface area contributed by atoms with Gasteiger partial charge in [0, 0.05) is 5.54 Å². The van der Waals surface area contributed by atoms with Crippen LogP contribution >= 0.6 is 11.6 Å². The summed E-state index contributed by atoms with van der Waals surface area (Å²) < 4.78 is 5.51. The van der Waals surface area contributed by atoms with Gasteiger partial charge >= 0.3 is 0 Å². The number of halogens is 1. The molecular formula is C12H16ClNO. The second-order valence-corrected chi connectivity index (χ2v) is 3.69. The van der Waals surface area contributed by atoms with E-state index in [0.717, 1.165) is 12.0 Å². The molecule has 0 saturated heterocycles. The third-order valence-corrected chi connectivity index (χ3v) is 2.50. The van der Waals surface area contributed by atoms with E-state index in [1.165, 1.54) is 11.1 Å². The van der Waals surface area contributed by atoms with Crippen molar-refractivity contribution in [2.24, 2.45) is 0 Å². The second kappa shape index (κ2) is 5.66.